The molecule has 3 nitrogen and oxygen atoms in total. The van der Waals surface area contributed by atoms with Crippen molar-refractivity contribution in [3.63, 3.8) is 0 Å². The van der Waals surface area contributed by atoms with E-state index in [-0.39, 0.29) is 5.82 Å². The van der Waals surface area contributed by atoms with Gasteiger partial charge in [0.05, 0.1) is 7.11 Å². The van der Waals surface area contributed by atoms with E-state index in [4.69, 9.17) is 9.47 Å². The fourth-order valence-corrected chi connectivity index (χ4v) is 3.00. The first kappa shape index (κ1) is 18.3. The third-order valence-corrected chi connectivity index (χ3v) is 4.67. The lowest BCUT2D eigenvalue weighted by Crippen LogP contribution is -2.06. The van der Waals surface area contributed by atoms with E-state index < -0.39 is 0 Å². The molecule has 0 amide bonds. The summed E-state index contributed by atoms with van der Waals surface area (Å²) < 4.78 is 25.5. The van der Waals surface area contributed by atoms with E-state index in [1.807, 2.05) is 42.5 Å². The molecule has 5 heteroatoms. The molecule has 0 spiro atoms. The fraction of sp³-hybridized carbons (Fsp3) is 0.143. The predicted molar refractivity (Wildman–Crippen MR) is 105 cm³/mol. The average molecular weight is 416 g/mol. The van der Waals surface area contributed by atoms with Crippen molar-refractivity contribution in [3.05, 3.63) is 88.1 Å². The normalized spacial score (nSPS) is 10.4. The molecular weight excluding hydrogens is 397 g/mol. The molecule has 0 aliphatic rings. The second-order valence-corrected chi connectivity index (χ2v) is 6.55. The van der Waals surface area contributed by atoms with Crippen LogP contribution >= 0.6 is 15.9 Å². The molecule has 0 saturated carbocycles. The van der Waals surface area contributed by atoms with Crippen LogP contribution in [-0.2, 0) is 13.2 Å². The maximum Gasteiger partial charge on any atom is 0.167 e. The smallest absolute Gasteiger partial charge is 0.167 e. The van der Waals surface area contributed by atoms with E-state index in [0.29, 0.717) is 24.7 Å². The van der Waals surface area contributed by atoms with Crippen molar-refractivity contribution in [2.24, 2.45) is 0 Å². The highest BCUT2D eigenvalue weighted by Gasteiger charge is 2.15. The average Bonchev–Trinajstić information content (AvgIpc) is 2.67. The highest BCUT2D eigenvalue weighted by Crippen LogP contribution is 2.37. The highest BCUT2D eigenvalue weighted by molar-refractivity contribution is 9.10. The Bertz CT molecular complexity index is 854. The molecule has 0 fully saturated rings. The lowest BCUT2D eigenvalue weighted by atomic mass is 10.1. The van der Waals surface area contributed by atoms with Gasteiger partial charge in [0.15, 0.2) is 11.5 Å². The summed E-state index contributed by atoms with van der Waals surface area (Å²) in [7, 11) is 1.61. The van der Waals surface area contributed by atoms with Crippen LogP contribution < -0.4 is 14.8 Å². The van der Waals surface area contributed by atoms with E-state index in [1.165, 1.54) is 12.1 Å². The fourth-order valence-electron chi connectivity index (χ4n) is 2.55. The van der Waals surface area contributed by atoms with E-state index >= 15 is 0 Å². The Kier molecular flexibility index (Phi) is 6.12. The van der Waals surface area contributed by atoms with Crippen molar-refractivity contribution in [3.8, 4) is 11.5 Å². The van der Waals surface area contributed by atoms with E-state index in [9.17, 15) is 4.39 Å². The minimum absolute atomic E-state index is 0.262. The summed E-state index contributed by atoms with van der Waals surface area (Å²) in [4.78, 5) is 0. The van der Waals surface area contributed by atoms with Crippen LogP contribution in [0.15, 0.2) is 71.2 Å². The minimum Gasteiger partial charge on any atom is -0.493 e. The molecule has 0 radical (unpaired) electrons. The molecule has 0 unspecified atom stereocenters. The molecule has 3 rings (SSSR count). The first-order valence-corrected chi connectivity index (χ1v) is 8.98. The number of rotatable bonds is 7. The molecule has 0 aliphatic carbocycles. The number of halogens is 2. The lowest BCUT2D eigenvalue weighted by molar-refractivity contribution is 0.281. The van der Waals surface area contributed by atoms with Gasteiger partial charge >= 0.3 is 0 Å². The van der Waals surface area contributed by atoms with Gasteiger partial charge in [-0.1, -0.05) is 46.3 Å². The molecule has 3 aromatic carbocycles. The number of hydrogen-bond acceptors (Lipinski definition) is 3. The number of para-hydroxylation sites is 1. The molecule has 0 atom stereocenters. The highest BCUT2D eigenvalue weighted by atomic mass is 79.9. The second-order valence-electron chi connectivity index (χ2n) is 5.69. The molecule has 0 bridgehead atoms. The van der Waals surface area contributed by atoms with Crippen LogP contribution in [-0.4, -0.2) is 7.11 Å². The number of ether oxygens (including phenoxy) is 2. The van der Waals surface area contributed by atoms with Gasteiger partial charge in [-0.15, -0.1) is 0 Å². The predicted octanol–water partition coefficient (Wildman–Crippen LogP) is 5.79. The summed E-state index contributed by atoms with van der Waals surface area (Å²) in [6.45, 7) is 0.895. The summed E-state index contributed by atoms with van der Waals surface area (Å²) in [5, 5.41) is 3.38. The lowest BCUT2D eigenvalue weighted by Gasteiger charge is -2.17. The number of methoxy groups -OCH3 is 1. The van der Waals surface area contributed by atoms with Gasteiger partial charge in [-0.3, -0.25) is 0 Å². The molecule has 3 aromatic rings. The van der Waals surface area contributed by atoms with Crippen molar-refractivity contribution in [1.82, 2.24) is 0 Å². The van der Waals surface area contributed by atoms with Gasteiger partial charge in [-0.05, 0) is 42.0 Å². The molecule has 26 heavy (non-hydrogen) atoms. The van der Waals surface area contributed by atoms with E-state index in [2.05, 4.69) is 21.2 Å². The maximum atomic E-state index is 13.1. The van der Waals surface area contributed by atoms with Gasteiger partial charge in [-0.2, -0.15) is 0 Å². The van der Waals surface area contributed by atoms with Crippen LogP contribution in [0.25, 0.3) is 0 Å². The zero-order chi connectivity index (χ0) is 18.4. The molecule has 0 heterocycles. The van der Waals surface area contributed by atoms with Crippen molar-refractivity contribution < 1.29 is 13.9 Å². The molecule has 0 saturated heterocycles. The SMILES string of the molecule is COc1ccc(Br)c(CNc2ccccc2)c1OCc1ccc(F)cc1. The Labute approximate surface area is 160 Å². The van der Waals surface area contributed by atoms with Crippen molar-refractivity contribution >= 4 is 21.6 Å². The van der Waals surface area contributed by atoms with Crippen LogP contribution in [0.4, 0.5) is 10.1 Å². The third kappa shape index (κ3) is 4.55. The topological polar surface area (TPSA) is 30.5 Å². The summed E-state index contributed by atoms with van der Waals surface area (Å²) in [6, 6.07) is 20.0. The van der Waals surface area contributed by atoms with Crippen LogP contribution in [0, 0.1) is 5.82 Å². The van der Waals surface area contributed by atoms with Crippen LogP contribution in [0.2, 0.25) is 0 Å². The number of nitrogens with one attached hydrogen (secondary N) is 1. The van der Waals surface area contributed by atoms with Gasteiger partial charge in [0.1, 0.15) is 12.4 Å². The van der Waals surface area contributed by atoms with E-state index in [1.54, 1.807) is 19.2 Å². The number of anilines is 1. The number of benzene rings is 3. The standard InChI is InChI=1S/C21H19BrFNO2/c1-25-20-12-11-19(22)18(13-24-17-5-3-2-4-6-17)21(20)26-14-15-7-9-16(23)10-8-15/h2-12,24H,13-14H2,1H3. The van der Waals surface area contributed by atoms with Gasteiger partial charge in [-0.25, -0.2) is 4.39 Å². The summed E-state index contributed by atoms with van der Waals surface area (Å²) in [5.74, 6) is 1.05. The number of hydrogen-bond donors (Lipinski definition) is 1. The van der Waals surface area contributed by atoms with Gasteiger partial charge in [0.2, 0.25) is 0 Å². The first-order valence-electron chi connectivity index (χ1n) is 8.19. The second kappa shape index (κ2) is 8.72. The van der Waals surface area contributed by atoms with Crippen LogP contribution in [0.3, 0.4) is 0 Å². The van der Waals surface area contributed by atoms with Crippen molar-refractivity contribution in [2.45, 2.75) is 13.2 Å². The Balaban J connectivity index is 1.81. The van der Waals surface area contributed by atoms with Crippen molar-refractivity contribution in [1.29, 1.82) is 0 Å². The Hall–Kier alpha value is -2.53. The minimum atomic E-state index is -0.262. The molecule has 134 valence electrons. The summed E-state index contributed by atoms with van der Waals surface area (Å²) >= 11 is 3.59. The van der Waals surface area contributed by atoms with Crippen LogP contribution in [0.1, 0.15) is 11.1 Å². The third-order valence-electron chi connectivity index (χ3n) is 3.93. The molecule has 1 N–H and O–H groups in total. The van der Waals surface area contributed by atoms with E-state index in [0.717, 1.165) is 21.3 Å². The Morgan fingerprint density at radius 1 is 0.962 bits per heavy atom. The summed E-state index contributed by atoms with van der Waals surface area (Å²) in [5.41, 5.74) is 2.86. The molecule has 0 aliphatic heterocycles. The molecule has 0 aromatic heterocycles. The Morgan fingerprint density at radius 2 is 1.69 bits per heavy atom. The van der Waals surface area contributed by atoms with Crippen molar-refractivity contribution in [2.75, 3.05) is 12.4 Å². The maximum absolute atomic E-state index is 13.1. The Morgan fingerprint density at radius 3 is 2.38 bits per heavy atom. The largest absolute Gasteiger partial charge is 0.493 e. The zero-order valence-electron chi connectivity index (χ0n) is 14.3. The monoisotopic (exact) mass is 415 g/mol. The van der Waals surface area contributed by atoms with Gasteiger partial charge in [0, 0.05) is 22.3 Å². The zero-order valence-corrected chi connectivity index (χ0v) is 15.9. The molecular formula is C21H19BrFNO2. The van der Waals surface area contributed by atoms with Gasteiger partial charge < -0.3 is 14.8 Å². The quantitative estimate of drug-likeness (QED) is 0.529. The first-order chi connectivity index (χ1) is 12.7. The van der Waals surface area contributed by atoms with Gasteiger partial charge in [0.25, 0.3) is 0 Å². The van der Waals surface area contributed by atoms with Crippen LogP contribution in [0.5, 0.6) is 11.5 Å². The summed E-state index contributed by atoms with van der Waals surface area (Å²) in [6.07, 6.45) is 0.